The Morgan fingerprint density at radius 3 is 2.59 bits per heavy atom. The van der Waals surface area contributed by atoms with Crippen LogP contribution >= 0.6 is 0 Å². The van der Waals surface area contributed by atoms with Crippen LogP contribution < -0.4 is 11.3 Å². The Bertz CT molecular complexity index is 355. The van der Waals surface area contributed by atoms with Crippen molar-refractivity contribution in [3.05, 3.63) is 35.6 Å². The zero-order valence-electron chi connectivity index (χ0n) is 10.7. The molecular weight excluding hydrogens is 219 g/mol. The number of hydrazine groups is 1. The lowest BCUT2D eigenvalue weighted by atomic mass is 9.92. The van der Waals surface area contributed by atoms with Gasteiger partial charge in [-0.2, -0.15) is 0 Å². The van der Waals surface area contributed by atoms with Crippen molar-refractivity contribution in [2.75, 3.05) is 6.61 Å². The maximum Gasteiger partial charge on any atom is 0.126 e. The minimum Gasteiger partial charge on any atom is -0.374 e. The molecule has 0 heterocycles. The summed E-state index contributed by atoms with van der Waals surface area (Å²) >= 11 is 0. The van der Waals surface area contributed by atoms with Crippen molar-refractivity contribution in [2.45, 2.75) is 38.8 Å². The van der Waals surface area contributed by atoms with E-state index in [1.807, 2.05) is 26.8 Å². The first-order valence-corrected chi connectivity index (χ1v) is 5.84. The van der Waals surface area contributed by atoms with Crippen molar-refractivity contribution < 1.29 is 9.13 Å². The Morgan fingerprint density at radius 1 is 1.41 bits per heavy atom. The zero-order valence-corrected chi connectivity index (χ0v) is 10.7. The number of halogens is 1. The number of benzene rings is 1. The summed E-state index contributed by atoms with van der Waals surface area (Å²) in [5.41, 5.74) is 2.91. The van der Waals surface area contributed by atoms with Crippen LogP contribution in [0.3, 0.4) is 0 Å². The fourth-order valence-electron chi connectivity index (χ4n) is 1.86. The summed E-state index contributed by atoms with van der Waals surface area (Å²) in [6, 6.07) is 6.58. The fraction of sp³-hybridized carbons (Fsp3) is 0.538. The highest BCUT2D eigenvalue weighted by Crippen LogP contribution is 2.19. The maximum atomic E-state index is 13.6. The van der Waals surface area contributed by atoms with Gasteiger partial charge in [-0.15, -0.1) is 0 Å². The van der Waals surface area contributed by atoms with Crippen LogP contribution in [-0.2, 0) is 11.2 Å². The molecule has 0 aliphatic heterocycles. The second-order valence-electron chi connectivity index (χ2n) is 4.55. The first kappa shape index (κ1) is 14.1. The summed E-state index contributed by atoms with van der Waals surface area (Å²) in [5.74, 6) is 5.33. The lowest BCUT2D eigenvalue weighted by molar-refractivity contribution is -0.0382. The summed E-state index contributed by atoms with van der Waals surface area (Å²) in [6.07, 6.45) is 0.496. The summed E-state index contributed by atoms with van der Waals surface area (Å²) in [7, 11) is 0. The molecule has 0 aliphatic carbocycles. The third kappa shape index (κ3) is 3.77. The Kier molecular flexibility index (Phi) is 5.05. The Hall–Kier alpha value is -0.970. The molecule has 3 nitrogen and oxygen atoms in total. The third-order valence-electron chi connectivity index (χ3n) is 2.94. The van der Waals surface area contributed by atoms with Crippen LogP contribution in [0.25, 0.3) is 0 Å². The minimum atomic E-state index is -0.439. The van der Waals surface area contributed by atoms with Gasteiger partial charge in [0, 0.05) is 6.61 Å². The topological polar surface area (TPSA) is 47.3 Å². The van der Waals surface area contributed by atoms with E-state index in [-0.39, 0.29) is 11.9 Å². The molecule has 0 fully saturated rings. The SMILES string of the molecule is CCOC(C)(C)C(Cc1ccccc1F)NN. The monoisotopic (exact) mass is 240 g/mol. The molecule has 1 aromatic carbocycles. The van der Waals surface area contributed by atoms with Gasteiger partial charge in [0.15, 0.2) is 0 Å². The molecule has 0 spiro atoms. The standard InChI is InChI=1S/C13H21FN2O/c1-4-17-13(2,3)12(16-15)9-10-7-5-6-8-11(10)14/h5-8,12,16H,4,9,15H2,1-3H3. The molecule has 1 rings (SSSR count). The molecule has 17 heavy (non-hydrogen) atoms. The number of nitrogens with two attached hydrogens (primary N) is 1. The highest BCUT2D eigenvalue weighted by atomic mass is 19.1. The van der Waals surface area contributed by atoms with Gasteiger partial charge < -0.3 is 4.74 Å². The molecule has 0 aliphatic rings. The van der Waals surface area contributed by atoms with Gasteiger partial charge in [-0.05, 0) is 38.8 Å². The second-order valence-corrected chi connectivity index (χ2v) is 4.55. The van der Waals surface area contributed by atoms with E-state index in [1.54, 1.807) is 12.1 Å². The van der Waals surface area contributed by atoms with Crippen molar-refractivity contribution in [3.8, 4) is 0 Å². The Labute approximate surface area is 102 Å². The van der Waals surface area contributed by atoms with Gasteiger partial charge in [0.1, 0.15) is 5.82 Å². The average Bonchev–Trinajstić information content (AvgIpc) is 2.27. The van der Waals surface area contributed by atoms with E-state index in [1.165, 1.54) is 6.07 Å². The molecule has 0 amide bonds. The van der Waals surface area contributed by atoms with Gasteiger partial charge in [0.2, 0.25) is 0 Å². The molecular formula is C13H21FN2O. The smallest absolute Gasteiger partial charge is 0.126 e. The Balaban J connectivity index is 2.80. The average molecular weight is 240 g/mol. The van der Waals surface area contributed by atoms with Gasteiger partial charge in [-0.1, -0.05) is 18.2 Å². The molecule has 4 heteroatoms. The second kappa shape index (κ2) is 6.10. The van der Waals surface area contributed by atoms with Gasteiger partial charge in [0.25, 0.3) is 0 Å². The molecule has 0 aromatic heterocycles. The van der Waals surface area contributed by atoms with Crippen molar-refractivity contribution >= 4 is 0 Å². The summed E-state index contributed by atoms with van der Waals surface area (Å²) in [6.45, 7) is 6.42. The Morgan fingerprint density at radius 2 is 2.06 bits per heavy atom. The quantitative estimate of drug-likeness (QED) is 0.590. The number of nitrogens with one attached hydrogen (secondary N) is 1. The zero-order chi connectivity index (χ0) is 12.9. The van der Waals surface area contributed by atoms with E-state index in [0.29, 0.717) is 18.6 Å². The van der Waals surface area contributed by atoms with Crippen LogP contribution in [0.2, 0.25) is 0 Å². The predicted octanol–water partition coefficient (Wildman–Crippen LogP) is 2.02. The molecule has 0 bridgehead atoms. The van der Waals surface area contributed by atoms with Crippen LogP contribution in [0.4, 0.5) is 4.39 Å². The van der Waals surface area contributed by atoms with Crippen molar-refractivity contribution in [2.24, 2.45) is 5.84 Å². The molecule has 3 N–H and O–H groups in total. The summed E-state index contributed by atoms with van der Waals surface area (Å²) in [5, 5.41) is 0. The lowest BCUT2D eigenvalue weighted by Crippen LogP contribution is -2.52. The molecule has 96 valence electrons. The first-order chi connectivity index (χ1) is 8.01. The summed E-state index contributed by atoms with van der Waals surface area (Å²) in [4.78, 5) is 0. The molecule has 0 saturated carbocycles. The molecule has 0 saturated heterocycles. The normalized spacial score (nSPS) is 13.7. The number of ether oxygens (including phenoxy) is 1. The van der Waals surface area contributed by atoms with Gasteiger partial charge in [-0.3, -0.25) is 11.3 Å². The van der Waals surface area contributed by atoms with Crippen LogP contribution in [0, 0.1) is 5.82 Å². The van der Waals surface area contributed by atoms with E-state index in [4.69, 9.17) is 10.6 Å². The van der Waals surface area contributed by atoms with Crippen LogP contribution in [0.15, 0.2) is 24.3 Å². The minimum absolute atomic E-state index is 0.139. The number of hydrogen-bond donors (Lipinski definition) is 2. The van der Waals surface area contributed by atoms with E-state index in [2.05, 4.69) is 5.43 Å². The van der Waals surface area contributed by atoms with Crippen molar-refractivity contribution in [1.82, 2.24) is 5.43 Å². The molecule has 1 unspecified atom stereocenters. The van der Waals surface area contributed by atoms with Crippen LogP contribution in [-0.4, -0.2) is 18.2 Å². The molecule has 1 atom stereocenters. The van der Waals surface area contributed by atoms with Crippen molar-refractivity contribution in [1.29, 1.82) is 0 Å². The highest BCUT2D eigenvalue weighted by molar-refractivity contribution is 5.19. The van der Waals surface area contributed by atoms with Gasteiger partial charge >= 0.3 is 0 Å². The van der Waals surface area contributed by atoms with Crippen LogP contribution in [0.1, 0.15) is 26.3 Å². The highest BCUT2D eigenvalue weighted by Gasteiger charge is 2.29. The largest absolute Gasteiger partial charge is 0.374 e. The van der Waals surface area contributed by atoms with E-state index in [0.717, 1.165) is 0 Å². The van der Waals surface area contributed by atoms with E-state index in [9.17, 15) is 4.39 Å². The fourth-order valence-corrected chi connectivity index (χ4v) is 1.86. The maximum absolute atomic E-state index is 13.6. The molecule has 0 radical (unpaired) electrons. The third-order valence-corrected chi connectivity index (χ3v) is 2.94. The van der Waals surface area contributed by atoms with Gasteiger partial charge in [0.05, 0.1) is 11.6 Å². The predicted molar refractivity (Wildman–Crippen MR) is 66.9 cm³/mol. The lowest BCUT2D eigenvalue weighted by Gasteiger charge is -2.33. The van der Waals surface area contributed by atoms with Crippen LogP contribution in [0.5, 0.6) is 0 Å². The summed E-state index contributed by atoms with van der Waals surface area (Å²) < 4.78 is 19.2. The first-order valence-electron chi connectivity index (χ1n) is 5.84. The molecule has 1 aromatic rings. The van der Waals surface area contributed by atoms with Gasteiger partial charge in [-0.25, -0.2) is 4.39 Å². The number of rotatable bonds is 6. The van der Waals surface area contributed by atoms with E-state index < -0.39 is 5.60 Å². The van der Waals surface area contributed by atoms with Crippen molar-refractivity contribution in [3.63, 3.8) is 0 Å². The van der Waals surface area contributed by atoms with E-state index >= 15 is 0 Å². The number of hydrogen-bond acceptors (Lipinski definition) is 3.